The summed E-state index contributed by atoms with van der Waals surface area (Å²) in [6.45, 7) is 0.642. The van der Waals surface area contributed by atoms with Crippen molar-refractivity contribution in [2.45, 2.75) is 6.42 Å². The van der Waals surface area contributed by atoms with Crippen molar-refractivity contribution in [3.63, 3.8) is 0 Å². The smallest absolute Gasteiger partial charge is 0.170 e. The van der Waals surface area contributed by atoms with Crippen LogP contribution in [0.1, 0.15) is 5.56 Å². The lowest BCUT2D eigenvalue weighted by molar-refractivity contribution is 0.627. The summed E-state index contributed by atoms with van der Waals surface area (Å²) in [6.07, 6.45) is 0.746. The van der Waals surface area contributed by atoms with E-state index in [1.165, 1.54) is 12.1 Å². The Hall–Kier alpha value is -1.36. The van der Waals surface area contributed by atoms with Crippen molar-refractivity contribution >= 4 is 46.2 Å². The first-order valence-corrected chi connectivity index (χ1v) is 7.45. The van der Waals surface area contributed by atoms with Crippen LogP contribution in [0.5, 0.6) is 0 Å². The Morgan fingerprint density at radius 1 is 1.10 bits per heavy atom. The molecule has 2 aromatic rings. The summed E-state index contributed by atoms with van der Waals surface area (Å²) in [4.78, 5) is 0. The maximum absolute atomic E-state index is 12.8. The standard InChI is InChI=1S/C15H13Cl2FN2S/c16-11-3-6-14(13(17)9-11)20-15(21)19-8-7-10-1-4-12(18)5-2-10/h1-6,9H,7-8H2,(H2,19,20,21). The van der Waals surface area contributed by atoms with Gasteiger partial charge in [0.15, 0.2) is 5.11 Å². The molecule has 0 saturated heterocycles. The molecule has 2 rings (SSSR count). The highest BCUT2D eigenvalue weighted by Crippen LogP contribution is 2.25. The van der Waals surface area contributed by atoms with Crippen LogP contribution in [0.3, 0.4) is 0 Å². The summed E-state index contributed by atoms with van der Waals surface area (Å²) < 4.78 is 12.8. The van der Waals surface area contributed by atoms with Crippen molar-refractivity contribution < 1.29 is 4.39 Å². The molecule has 2 aromatic carbocycles. The van der Waals surface area contributed by atoms with Crippen LogP contribution in [0.25, 0.3) is 0 Å². The van der Waals surface area contributed by atoms with E-state index in [4.69, 9.17) is 35.4 Å². The average Bonchev–Trinajstić information content (AvgIpc) is 2.44. The fourth-order valence-electron chi connectivity index (χ4n) is 1.73. The fraction of sp³-hybridized carbons (Fsp3) is 0.133. The number of nitrogens with one attached hydrogen (secondary N) is 2. The van der Waals surface area contributed by atoms with E-state index in [1.54, 1.807) is 30.3 Å². The molecule has 0 bridgehead atoms. The molecule has 0 aliphatic carbocycles. The average molecular weight is 343 g/mol. The molecular formula is C15H13Cl2FN2S. The highest BCUT2D eigenvalue weighted by Gasteiger charge is 2.03. The third-order valence-electron chi connectivity index (χ3n) is 2.79. The third kappa shape index (κ3) is 5.16. The molecule has 0 amide bonds. The van der Waals surface area contributed by atoms with E-state index in [-0.39, 0.29) is 5.82 Å². The van der Waals surface area contributed by atoms with Crippen LogP contribution in [0.4, 0.5) is 10.1 Å². The molecule has 0 aromatic heterocycles. The SMILES string of the molecule is Fc1ccc(CCNC(=S)Nc2ccc(Cl)cc2Cl)cc1. The van der Waals surface area contributed by atoms with Gasteiger partial charge >= 0.3 is 0 Å². The van der Waals surface area contributed by atoms with E-state index in [2.05, 4.69) is 10.6 Å². The number of halogens is 3. The largest absolute Gasteiger partial charge is 0.362 e. The van der Waals surface area contributed by atoms with Crippen LogP contribution in [-0.4, -0.2) is 11.7 Å². The zero-order valence-corrected chi connectivity index (χ0v) is 13.3. The number of thiocarbonyl (C=S) groups is 1. The lowest BCUT2D eigenvalue weighted by Crippen LogP contribution is -2.30. The van der Waals surface area contributed by atoms with Crippen molar-refractivity contribution in [2.24, 2.45) is 0 Å². The van der Waals surface area contributed by atoms with Gasteiger partial charge in [-0.05, 0) is 54.5 Å². The summed E-state index contributed by atoms with van der Waals surface area (Å²) in [5.74, 6) is -0.235. The summed E-state index contributed by atoms with van der Waals surface area (Å²) in [7, 11) is 0. The minimum absolute atomic E-state index is 0.235. The Labute approximate surface area is 138 Å². The van der Waals surface area contributed by atoms with Gasteiger partial charge in [-0.15, -0.1) is 0 Å². The second kappa shape index (κ2) is 7.59. The molecule has 0 atom stereocenters. The Balaban J connectivity index is 1.81. The highest BCUT2D eigenvalue weighted by molar-refractivity contribution is 7.80. The topological polar surface area (TPSA) is 24.1 Å². The second-order valence-electron chi connectivity index (χ2n) is 4.38. The van der Waals surface area contributed by atoms with Crippen molar-refractivity contribution in [1.29, 1.82) is 0 Å². The minimum Gasteiger partial charge on any atom is -0.362 e. The van der Waals surface area contributed by atoms with Crippen molar-refractivity contribution in [1.82, 2.24) is 5.32 Å². The lowest BCUT2D eigenvalue weighted by atomic mass is 10.1. The van der Waals surface area contributed by atoms with Crippen LogP contribution >= 0.6 is 35.4 Å². The first kappa shape index (κ1) is 16.0. The Bertz CT molecular complexity index is 632. The van der Waals surface area contributed by atoms with E-state index < -0.39 is 0 Å². The molecule has 0 aliphatic rings. The van der Waals surface area contributed by atoms with Gasteiger partial charge in [-0.1, -0.05) is 35.3 Å². The molecule has 21 heavy (non-hydrogen) atoms. The number of anilines is 1. The van der Waals surface area contributed by atoms with Gasteiger partial charge in [-0.2, -0.15) is 0 Å². The maximum atomic E-state index is 12.8. The highest BCUT2D eigenvalue weighted by atomic mass is 35.5. The molecule has 0 aliphatic heterocycles. The first-order valence-electron chi connectivity index (χ1n) is 6.29. The van der Waals surface area contributed by atoms with E-state index >= 15 is 0 Å². The Morgan fingerprint density at radius 2 is 1.81 bits per heavy atom. The normalized spacial score (nSPS) is 10.2. The predicted octanol–water partition coefficient (Wildman–Crippen LogP) is 4.66. The first-order chi connectivity index (χ1) is 10.0. The molecule has 2 N–H and O–H groups in total. The lowest BCUT2D eigenvalue weighted by Gasteiger charge is -2.12. The maximum Gasteiger partial charge on any atom is 0.170 e. The number of rotatable bonds is 4. The molecule has 0 unspecified atom stereocenters. The summed E-state index contributed by atoms with van der Waals surface area (Å²) in [6, 6.07) is 11.5. The Kier molecular flexibility index (Phi) is 5.79. The Morgan fingerprint density at radius 3 is 2.48 bits per heavy atom. The van der Waals surface area contributed by atoms with Gasteiger partial charge < -0.3 is 10.6 Å². The monoisotopic (exact) mass is 342 g/mol. The van der Waals surface area contributed by atoms with Gasteiger partial charge in [0.25, 0.3) is 0 Å². The number of hydrogen-bond donors (Lipinski definition) is 2. The van der Waals surface area contributed by atoms with Crippen LogP contribution in [0.15, 0.2) is 42.5 Å². The molecule has 2 nitrogen and oxygen atoms in total. The molecule has 110 valence electrons. The third-order valence-corrected chi connectivity index (χ3v) is 3.59. The number of hydrogen-bond acceptors (Lipinski definition) is 1. The van der Waals surface area contributed by atoms with Gasteiger partial charge in [0.1, 0.15) is 5.82 Å². The number of benzene rings is 2. The van der Waals surface area contributed by atoms with Crippen molar-refractivity contribution in [3.8, 4) is 0 Å². The van der Waals surface area contributed by atoms with Crippen LogP contribution < -0.4 is 10.6 Å². The quantitative estimate of drug-likeness (QED) is 0.790. The van der Waals surface area contributed by atoms with Gasteiger partial charge in [-0.3, -0.25) is 0 Å². The van der Waals surface area contributed by atoms with Gasteiger partial charge in [0.2, 0.25) is 0 Å². The fourth-order valence-corrected chi connectivity index (χ4v) is 2.40. The second-order valence-corrected chi connectivity index (χ2v) is 5.63. The minimum atomic E-state index is -0.235. The molecule has 0 heterocycles. The van der Waals surface area contributed by atoms with Crippen molar-refractivity contribution in [2.75, 3.05) is 11.9 Å². The summed E-state index contributed by atoms with van der Waals surface area (Å²) in [5.41, 5.74) is 1.73. The van der Waals surface area contributed by atoms with Gasteiger partial charge in [0, 0.05) is 11.6 Å². The van der Waals surface area contributed by atoms with Gasteiger partial charge in [0.05, 0.1) is 10.7 Å². The van der Waals surface area contributed by atoms with Crippen LogP contribution in [0, 0.1) is 5.82 Å². The van der Waals surface area contributed by atoms with E-state index in [1.807, 2.05) is 0 Å². The summed E-state index contributed by atoms with van der Waals surface area (Å²) >= 11 is 17.1. The zero-order chi connectivity index (χ0) is 15.2. The molecule has 0 saturated carbocycles. The zero-order valence-electron chi connectivity index (χ0n) is 11.0. The van der Waals surface area contributed by atoms with E-state index in [0.717, 1.165) is 12.0 Å². The van der Waals surface area contributed by atoms with E-state index in [9.17, 15) is 4.39 Å². The summed E-state index contributed by atoms with van der Waals surface area (Å²) in [5, 5.41) is 7.62. The molecule has 0 fully saturated rings. The van der Waals surface area contributed by atoms with Crippen LogP contribution in [-0.2, 0) is 6.42 Å². The van der Waals surface area contributed by atoms with Crippen LogP contribution in [0.2, 0.25) is 10.0 Å². The molecule has 0 radical (unpaired) electrons. The predicted molar refractivity (Wildman–Crippen MR) is 90.8 cm³/mol. The molecule has 0 spiro atoms. The molecule has 6 heteroatoms. The molecular weight excluding hydrogens is 330 g/mol. The van der Waals surface area contributed by atoms with E-state index in [0.29, 0.717) is 27.4 Å². The van der Waals surface area contributed by atoms with Crippen molar-refractivity contribution in [3.05, 3.63) is 63.9 Å². The van der Waals surface area contributed by atoms with Gasteiger partial charge in [-0.25, -0.2) is 4.39 Å².